The van der Waals surface area contributed by atoms with Crippen molar-refractivity contribution in [2.24, 2.45) is 0 Å². The summed E-state index contributed by atoms with van der Waals surface area (Å²) in [5.41, 5.74) is 6.10. The number of fused-ring (bicyclic) bond motifs is 2. The third-order valence-corrected chi connectivity index (χ3v) is 3.81. The second-order valence-corrected chi connectivity index (χ2v) is 4.82. The molecule has 0 bridgehead atoms. The van der Waals surface area contributed by atoms with Crippen LogP contribution in [0.15, 0.2) is 12.1 Å². The van der Waals surface area contributed by atoms with Crippen molar-refractivity contribution in [3.63, 3.8) is 0 Å². The fraction of sp³-hybridized carbons (Fsp3) is 0.400. The number of hydrogen-bond acceptors (Lipinski definition) is 3. The van der Waals surface area contributed by atoms with Crippen molar-refractivity contribution in [1.82, 2.24) is 4.98 Å². The van der Waals surface area contributed by atoms with Gasteiger partial charge in [0.25, 0.3) is 0 Å². The SMILES string of the molecule is CNc1c2c(nc3c(OC)ccc(C)c13)CCC2. The second-order valence-electron chi connectivity index (χ2n) is 4.82. The van der Waals surface area contributed by atoms with Gasteiger partial charge >= 0.3 is 0 Å². The zero-order valence-electron chi connectivity index (χ0n) is 11.1. The molecule has 1 heterocycles. The van der Waals surface area contributed by atoms with E-state index in [0.717, 1.165) is 24.1 Å². The third-order valence-electron chi connectivity index (χ3n) is 3.81. The van der Waals surface area contributed by atoms with Gasteiger partial charge in [0.05, 0.1) is 7.11 Å². The molecule has 0 fully saturated rings. The fourth-order valence-corrected chi connectivity index (χ4v) is 2.95. The van der Waals surface area contributed by atoms with Crippen LogP contribution >= 0.6 is 0 Å². The third kappa shape index (κ3) is 1.47. The number of nitrogens with one attached hydrogen (secondary N) is 1. The molecule has 0 unspecified atom stereocenters. The molecule has 2 aromatic rings. The smallest absolute Gasteiger partial charge is 0.145 e. The lowest BCUT2D eigenvalue weighted by Crippen LogP contribution is -2.01. The van der Waals surface area contributed by atoms with E-state index in [9.17, 15) is 0 Å². The van der Waals surface area contributed by atoms with Crippen LogP contribution in [-0.2, 0) is 12.8 Å². The summed E-state index contributed by atoms with van der Waals surface area (Å²) in [7, 11) is 3.70. The van der Waals surface area contributed by atoms with Gasteiger partial charge in [-0.15, -0.1) is 0 Å². The normalized spacial score (nSPS) is 13.7. The van der Waals surface area contributed by atoms with Crippen molar-refractivity contribution in [2.75, 3.05) is 19.5 Å². The summed E-state index contributed by atoms with van der Waals surface area (Å²) < 4.78 is 5.45. The molecule has 3 heteroatoms. The number of aryl methyl sites for hydroxylation is 2. The summed E-state index contributed by atoms with van der Waals surface area (Å²) in [5.74, 6) is 0.863. The zero-order chi connectivity index (χ0) is 12.7. The maximum absolute atomic E-state index is 5.45. The molecule has 0 saturated heterocycles. The number of aromatic nitrogens is 1. The Balaban J connectivity index is 2.45. The second kappa shape index (κ2) is 4.16. The van der Waals surface area contributed by atoms with E-state index in [4.69, 9.17) is 9.72 Å². The molecule has 0 aliphatic heterocycles. The van der Waals surface area contributed by atoms with Crippen LogP contribution in [-0.4, -0.2) is 19.1 Å². The maximum atomic E-state index is 5.45. The topological polar surface area (TPSA) is 34.2 Å². The first kappa shape index (κ1) is 11.3. The quantitative estimate of drug-likeness (QED) is 0.878. The summed E-state index contributed by atoms with van der Waals surface area (Å²) in [6, 6.07) is 4.11. The van der Waals surface area contributed by atoms with Crippen molar-refractivity contribution < 1.29 is 4.74 Å². The highest BCUT2D eigenvalue weighted by atomic mass is 16.5. The Morgan fingerprint density at radius 3 is 2.83 bits per heavy atom. The lowest BCUT2D eigenvalue weighted by Gasteiger charge is -2.15. The minimum atomic E-state index is 0.863. The van der Waals surface area contributed by atoms with Crippen LogP contribution in [0.5, 0.6) is 5.75 Å². The van der Waals surface area contributed by atoms with Gasteiger partial charge in [0.1, 0.15) is 11.3 Å². The van der Waals surface area contributed by atoms with E-state index in [0.29, 0.717) is 0 Å². The van der Waals surface area contributed by atoms with Crippen LogP contribution in [0.4, 0.5) is 5.69 Å². The maximum Gasteiger partial charge on any atom is 0.145 e. The summed E-state index contributed by atoms with van der Waals surface area (Å²) in [6.07, 6.45) is 3.41. The molecule has 0 amide bonds. The molecule has 1 aliphatic rings. The van der Waals surface area contributed by atoms with Crippen LogP contribution < -0.4 is 10.1 Å². The van der Waals surface area contributed by atoms with E-state index in [-0.39, 0.29) is 0 Å². The molecule has 0 atom stereocenters. The van der Waals surface area contributed by atoms with E-state index >= 15 is 0 Å². The first-order valence-electron chi connectivity index (χ1n) is 6.43. The summed E-state index contributed by atoms with van der Waals surface area (Å²) in [6.45, 7) is 2.13. The highest BCUT2D eigenvalue weighted by Gasteiger charge is 2.21. The first-order valence-corrected chi connectivity index (χ1v) is 6.43. The highest BCUT2D eigenvalue weighted by molar-refractivity contribution is 5.99. The number of pyridine rings is 1. The molecule has 3 nitrogen and oxygen atoms in total. The Morgan fingerprint density at radius 1 is 1.28 bits per heavy atom. The van der Waals surface area contributed by atoms with Crippen LogP contribution in [0.2, 0.25) is 0 Å². The molecule has 1 aromatic heterocycles. The highest BCUT2D eigenvalue weighted by Crippen LogP contribution is 2.38. The molecule has 0 radical (unpaired) electrons. The monoisotopic (exact) mass is 242 g/mol. The van der Waals surface area contributed by atoms with Gasteiger partial charge in [0.15, 0.2) is 0 Å². The predicted octanol–water partition coefficient (Wildman–Crippen LogP) is 3.08. The lowest BCUT2D eigenvalue weighted by atomic mass is 10.0. The van der Waals surface area contributed by atoms with Gasteiger partial charge in [-0.05, 0) is 43.4 Å². The molecular formula is C15H18N2O. The number of methoxy groups -OCH3 is 1. The molecule has 1 N–H and O–H groups in total. The minimum Gasteiger partial charge on any atom is -0.494 e. The summed E-state index contributed by atoms with van der Waals surface area (Å²) >= 11 is 0. The molecule has 0 saturated carbocycles. The van der Waals surface area contributed by atoms with Crippen molar-refractivity contribution in [3.8, 4) is 5.75 Å². The number of nitrogens with zero attached hydrogens (tertiary/aromatic N) is 1. The lowest BCUT2D eigenvalue weighted by molar-refractivity contribution is 0.418. The summed E-state index contributed by atoms with van der Waals surface area (Å²) in [4.78, 5) is 4.83. The zero-order valence-corrected chi connectivity index (χ0v) is 11.1. The van der Waals surface area contributed by atoms with Crippen LogP contribution in [0.1, 0.15) is 23.2 Å². The molecule has 1 aromatic carbocycles. The van der Waals surface area contributed by atoms with E-state index in [2.05, 4.69) is 18.3 Å². The number of benzene rings is 1. The Kier molecular flexibility index (Phi) is 2.62. The van der Waals surface area contributed by atoms with Gasteiger partial charge in [0.2, 0.25) is 0 Å². The first-order chi connectivity index (χ1) is 8.76. The number of rotatable bonds is 2. The Hall–Kier alpha value is -1.77. The van der Waals surface area contributed by atoms with Crippen LogP contribution in [0.25, 0.3) is 10.9 Å². The average molecular weight is 242 g/mol. The molecule has 18 heavy (non-hydrogen) atoms. The fourth-order valence-electron chi connectivity index (χ4n) is 2.95. The molecule has 0 spiro atoms. The van der Waals surface area contributed by atoms with Crippen molar-refractivity contribution >= 4 is 16.6 Å². The molecular weight excluding hydrogens is 224 g/mol. The van der Waals surface area contributed by atoms with Gasteiger partial charge in [0, 0.05) is 23.8 Å². The largest absolute Gasteiger partial charge is 0.494 e. The van der Waals surface area contributed by atoms with Crippen molar-refractivity contribution in [3.05, 3.63) is 29.0 Å². The van der Waals surface area contributed by atoms with E-state index in [1.165, 1.54) is 34.3 Å². The number of ether oxygens (including phenoxy) is 1. The Morgan fingerprint density at radius 2 is 2.11 bits per heavy atom. The minimum absolute atomic E-state index is 0.863. The van der Waals surface area contributed by atoms with Gasteiger partial charge in [-0.2, -0.15) is 0 Å². The van der Waals surface area contributed by atoms with Crippen LogP contribution in [0.3, 0.4) is 0 Å². The van der Waals surface area contributed by atoms with E-state index < -0.39 is 0 Å². The number of hydrogen-bond donors (Lipinski definition) is 1. The van der Waals surface area contributed by atoms with Gasteiger partial charge in [-0.1, -0.05) is 6.07 Å². The Bertz CT molecular complexity index is 620. The molecule has 1 aliphatic carbocycles. The standard InChI is InChI=1S/C15H18N2O/c1-9-7-8-12(18-3)15-13(9)14(16-2)10-5-4-6-11(10)17-15/h7-8H,4-6H2,1-3H3,(H,16,17). The van der Waals surface area contributed by atoms with Crippen molar-refractivity contribution in [1.29, 1.82) is 0 Å². The van der Waals surface area contributed by atoms with Crippen LogP contribution in [0, 0.1) is 6.92 Å². The van der Waals surface area contributed by atoms with Gasteiger partial charge < -0.3 is 10.1 Å². The summed E-state index contributed by atoms with van der Waals surface area (Å²) in [5, 5.41) is 4.57. The number of anilines is 1. The van der Waals surface area contributed by atoms with E-state index in [1.807, 2.05) is 13.1 Å². The average Bonchev–Trinajstić information content (AvgIpc) is 2.84. The van der Waals surface area contributed by atoms with Gasteiger partial charge in [-0.25, -0.2) is 4.98 Å². The Labute approximate surface area is 107 Å². The molecule has 3 rings (SSSR count). The predicted molar refractivity (Wildman–Crippen MR) is 74.6 cm³/mol. The van der Waals surface area contributed by atoms with Gasteiger partial charge in [-0.3, -0.25) is 0 Å². The van der Waals surface area contributed by atoms with E-state index in [1.54, 1.807) is 7.11 Å². The van der Waals surface area contributed by atoms with Crippen molar-refractivity contribution in [2.45, 2.75) is 26.2 Å². The molecule has 94 valence electrons.